The van der Waals surface area contributed by atoms with E-state index in [-0.39, 0.29) is 0 Å². The van der Waals surface area contributed by atoms with Gasteiger partial charge in [0.05, 0.1) is 0 Å². The molecule has 0 bridgehead atoms. The number of likely N-dealkylation sites (N-methyl/N-ethyl adjacent to an activating group) is 1. The highest BCUT2D eigenvalue weighted by atomic mass is 15.1. The second kappa shape index (κ2) is 4.97. The van der Waals surface area contributed by atoms with Gasteiger partial charge in [0.2, 0.25) is 0 Å². The van der Waals surface area contributed by atoms with Crippen molar-refractivity contribution in [1.29, 1.82) is 0 Å². The van der Waals surface area contributed by atoms with Crippen molar-refractivity contribution < 1.29 is 0 Å². The van der Waals surface area contributed by atoms with Crippen LogP contribution in [0, 0.1) is 11.8 Å². The molecule has 1 aliphatic heterocycles. The molecule has 78 valence electrons. The van der Waals surface area contributed by atoms with Gasteiger partial charge >= 0.3 is 0 Å². The minimum atomic E-state index is 0.735. The van der Waals surface area contributed by atoms with Crippen LogP contribution in [0.25, 0.3) is 0 Å². The normalized spacial score (nSPS) is 29.1. The maximum Gasteiger partial charge on any atom is 0.0198 e. The van der Waals surface area contributed by atoms with E-state index < -0.39 is 0 Å². The summed E-state index contributed by atoms with van der Waals surface area (Å²) in [6.45, 7) is 10.5. The van der Waals surface area contributed by atoms with Crippen molar-refractivity contribution in [1.82, 2.24) is 10.2 Å². The van der Waals surface area contributed by atoms with E-state index in [1.807, 2.05) is 0 Å². The first-order chi connectivity index (χ1) is 6.08. The van der Waals surface area contributed by atoms with E-state index in [0.29, 0.717) is 0 Å². The van der Waals surface area contributed by atoms with Crippen LogP contribution in [-0.4, -0.2) is 37.6 Å². The topological polar surface area (TPSA) is 15.3 Å². The van der Waals surface area contributed by atoms with Crippen molar-refractivity contribution in [2.24, 2.45) is 11.8 Å². The standard InChI is InChI=1S/C11H24N2/c1-9(2)7-13(4)8-11-5-10(3)6-12-11/h9-12H,5-8H2,1-4H3. The van der Waals surface area contributed by atoms with Crippen LogP contribution in [0.4, 0.5) is 0 Å². The van der Waals surface area contributed by atoms with Crippen LogP contribution < -0.4 is 5.32 Å². The van der Waals surface area contributed by atoms with Gasteiger partial charge in [0.25, 0.3) is 0 Å². The van der Waals surface area contributed by atoms with E-state index in [1.54, 1.807) is 0 Å². The van der Waals surface area contributed by atoms with Crippen molar-refractivity contribution >= 4 is 0 Å². The molecule has 2 atom stereocenters. The Morgan fingerprint density at radius 1 is 1.46 bits per heavy atom. The first-order valence-corrected chi connectivity index (χ1v) is 5.50. The summed E-state index contributed by atoms with van der Waals surface area (Å²) in [4.78, 5) is 2.44. The Labute approximate surface area is 82.7 Å². The number of nitrogens with one attached hydrogen (secondary N) is 1. The molecule has 1 fully saturated rings. The van der Waals surface area contributed by atoms with E-state index >= 15 is 0 Å². The molecule has 0 aromatic rings. The Morgan fingerprint density at radius 2 is 2.15 bits per heavy atom. The molecule has 0 aliphatic carbocycles. The molecule has 0 saturated carbocycles. The van der Waals surface area contributed by atoms with E-state index in [4.69, 9.17) is 0 Å². The number of rotatable bonds is 4. The molecule has 1 saturated heterocycles. The molecule has 0 spiro atoms. The number of nitrogens with zero attached hydrogens (tertiary/aromatic N) is 1. The molecule has 0 aromatic heterocycles. The van der Waals surface area contributed by atoms with Crippen molar-refractivity contribution in [3.63, 3.8) is 0 Å². The summed E-state index contributed by atoms with van der Waals surface area (Å²) in [5.41, 5.74) is 0. The lowest BCUT2D eigenvalue weighted by Crippen LogP contribution is -2.36. The van der Waals surface area contributed by atoms with Crippen LogP contribution in [-0.2, 0) is 0 Å². The lowest BCUT2D eigenvalue weighted by molar-refractivity contribution is 0.268. The maximum absolute atomic E-state index is 3.57. The Hall–Kier alpha value is -0.0800. The summed E-state index contributed by atoms with van der Waals surface area (Å²) in [5, 5.41) is 3.57. The molecule has 1 rings (SSSR count). The van der Waals surface area contributed by atoms with Crippen molar-refractivity contribution in [3.05, 3.63) is 0 Å². The Balaban J connectivity index is 2.16. The zero-order chi connectivity index (χ0) is 9.84. The minimum absolute atomic E-state index is 0.735. The third kappa shape index (κ3) is 4.10. The molecule has 0 radical (unpaired) electrons. The fourth-order valence-corrected chi connectivity index (χ4v) is 2.23. The first kappa shape index (κ1) is 11.0. The molecule has 2 heteroatoms. The monoisotopic (exact) mass is 184 g/mol. The predicted molar refractivity (Wildman–Crippen MR) is 57.9 cm³/mol. The van der Waals surface area contributed by atoms with Crippen LogP contribution in [0.3, 0.4) is 0 Å². The second-order valence-electron chi connectivity index (χ2n) is 5.06. The molecule has 2 unspecified atom stereocenters. The van der Waals surface area contributed by atoms with Gasteiger partial charge < -0.3 is 10.2 Å². The smallest absolute Gasteiger partial charge is 0.0198 e. The molecule has 2 nitrogen and oxygen atoms in total. The summed E-state index contributed by atoms with van der Waals surface area (Å²) in [5.74, 6) is 1.65. The largest absolute Gasteiger partial charge is 0.312 e. The average Bonchev–Trinajstić information content (AvgIpc) is 2.33. The highest BCUT2D eigenvalue weighted by Gasteiger charge is 2.21. The number of hydrogen-bond acceptors (Lipinski definition) is 2. The van der Waals surface area contributed by atoms with Gasteiger partial charge in [-0.15, -0.1) is 0 Å². The molecule has 0 aromatic carbocycles. The lowest BCUT2D eigenvalue weighted by atomic mass is 10.1. The van der Waals surface area contributed by atoms with Gasteiger partial charge in [-0.2, -0.15) is 0 Å². The summed E-state index contributed by atoms with van der Waals surface area (Å²) < 4.78 is 0. The highest BCUT2D eigenvalue weighted by Crippen LogP contribution is 2.13. The van der Waals surface area contributed by atoms with Gasteiger partial charge in [-0.1, -0.05) is 20.8 Å². The van der Waals surface area contributed by atoms with E-state index in [1.165, 1.54) is 26.1 Å². The van der Waals surface area contributed by atoms with Crippen molar-refractivity contribution in [3.8, 4) is 0 Å². The van der Waals surface area contributed by atoms with Crippen LogP contribution in [0.5, 0.6) is 0 Å². The maximum atomic E-state index is 3.57. The zero-order valence-corrected chi connectivity index (χ0v) is 9.51. The van der Waals surface area contributed by atoms with Gasteiger partial charge in [0.15, 0.2) is 0 Å². The van der Waals surface area contributed by atoms with Crippen molar-refractivity contribution in [2.75, 3.05) is 26.7 Å². The quantitative estimate of drug-likeness (QED) is 0.713. The molecule has 1 N–H and O–H groups in total. The minimum Gasteiger partial charge on any atom is -0.312 e. The van der Waals surface area contributed by atoms with Gasteiger partial charge in [-0.3, -0.25) is 0 Å². The first-order valence-electron chi connectivity index (χ1n) is 5.50. The van der Waals surface area contributed by atoms with Crippen LogP contribution >= 0.6 is 0 Å². The molecule has 13 heavy (non-hydrogen) atoms. The summed E-state index contributed by atoms with van der Waals surface area (Å²) in [6.07, 6.45) is 1.35. The summed E-state index contributed by atoms with van der Waals surface area (Å²) in [6, 6.07) is 0.735. The summed E-state index contributed by atoms with van der Waals surface area (Å²) in [7, 11) is 2.23. The van der Waals surface area contributed by atoms with Gasteiger partial charge in [-0.05, 0) is 31.8 Å². The Morgan fingerprint density at radius 3 is 2.62 bits per heavy atom. The van der Waals surface area contributed by atoms with Gasteiger partial charge in [-0.25, -0.2) is 0 Å². The Bertz CT molecular complexity index is 145. The fraction of sp³-hybridized carbons (Fsp3) is 1.00. The van der Waals surface area contributed by atoms with Crippen molar-refractivity contribution in [2.45, 2.75) is 33.2 Å². The number of hydrogen-bond donors (Lipinski definition) is 1. The molecule has 1 aliphatic rings. The van der Waals surface area contributed by atoms with Crippen LogP contribution in [0.15, 0.2) is 0 Å². The van der Waals surface area contributed by atoms with Gasteiger partial charge in [0.1, 0.15) is 0 Å². The molecule has 1 heterocycles. The third-order valence-corrected chi connectivity index (χ3v) is 2.65. The van der Waals surface area contributed by atoms with Crippen LogP contribution in [0.2, 0.25) is 0 Å². The predicted octanol–water partition coefficient (Wildman–Crippen LogP) is 1.57. The molecular formula is C11H24N2. The van der Waals surface area contributed by atoms with Gasteiger partial charge in [0, 0.05) is 19.1 Å². The lowest BCUT2D eigenvalue weighted by Gasteiger charge is -2.22. The van der Waals surface area contributed by atoms with E-state index in [2.05, 4.69) is 38.0 Å². The van der Waals surface area contributed by atoms with Crippen LogP contribution in [0.1, 0.15) is 27.2 Å². The van der Waals surface area contributed by atoms with E-state index in [0.717, 1.165) is 17.9 Å². The Kier molecular flexibility index (Phi) is 4.20. The average molecular weight is 184 g/mol. The van der Waals surface area contributed by atoms with E-state index in [9.17, 15) is 0 Å². The third-order valence-electron chi connectivity index (χ3n) is 2.65. The zero-order valence-electron chi connectivity index (χ0n) is 9.51. The summed E-state index contributed by atoms with van der Waals surface area (Å²) >= 11 is 0. The fourth-order valence-electron chi connectivity index (χ4n) is 2.23. The molecular weight excluding hydrogens is 160 g/mol. The highest BCUT2D eigenvalue weighted by molar-refractivity contribution is 4.81. The second-order valence-corrected chi connectivity index (χ2v) is 5.06. The molecule has 0 amide bonds. The SMILES string of the molecule is CC(C)CN(C)CC1CC(C)CN1.